The second-order valence-corrected chi connectivity index (χ2v) is 4.73. The van der Waals surface area contributed by atoms with Crippen LogP contribution in [0.5, 0.6) is 0 Å². The summed E-state index contributed by atoms with van der Waals surface area (Å²) >= 11 is 0. The molecule has 4 heteroatoms. The lowest BCUT2D eigenvalue weighted by molar-refractivity contribution is 0.567. The summed E-state index contributed by atoms with van der Waals surface area (Å²) in [7, 11) is 0. The summed E-state index contributed by atoms with van der Waals surface area (Å²) in [4.78, 5) is 13.1. The van der Waals surface area contributed by atoms with Gasteiger partial charge in [0.05, 0.1) is 22.9 Å². The Morgan fingerprint density at radius 3 is 2.60 bits per heavy atom. The van der Waals surface area contributed by atoms with Crippen LogP contribution < -0.4 is 5.32 Å². The van der Waals surface area contributed by atoms with E-state index in [0.717, 1.165) is 16.7 Å². The zero-order valence-electron chi connectivity index (χ0n) is 11.3. The average molecular weight is 264 g/mol. The average Bonchev–Trinajstić information content (AvgIpc) is 2.53. The van der Waals surface area contributed by atoms with Crippen molar-refractivity contribution in [3.8, 4) is 0 Å². The molecule has 0 aliphatic carbocycles. The van der Waals surface area contributed by atoms with Crippen LogP contribution in [-0.4, -0.2) is 15.0 Å². The first-order valence-electron chi connectivity index (χ1n) is 6.67. The van der Waals surface area contributed by atoms with Crippen LogP contribution in [0.2, 0.25) is 0 Å². The van der Waals surface area contributed by atoms with Crippen LogP contribution in [0.25, 0.3) is 11.0 Å². The fraction of sp³-hybridized carbons (Fsp3) is 0.188. The summed E-state index contributed by atoms with van der Waals surface area (Å²) in [6, 6.07) is 12.2. The zero-order chi connectivity index (χ0) is 13.8. The number of benzene rings is 1. The Hall–Kier alpha value is -2.33. The Balaban J connectivity index is 1.70. The molecule has 1 N–H and O–H groups in total. The Labute approximate surface area is 117 Å². The molecule has 0 bridgehead atoms. The van der Waals surface area contributed by atoms with Gasteiger partial charge in [-0.25, -0.2) is 4.98 Å². The molecule has 20 heavy (non-hydrogen) atoms. The Morgan fingerprint density at radius 1 is 1.05 bits per heavy atom. The van der Waals surface area contributed by atoms with Crippen molar-refractivity contribution in [1.82, 2.24) is 20.3 Å². The van der Waals surface area contributed by atoms with Gasteiger partial charge in [0, 0.05) is 25.0 Å². The smallest absolute Gasteiger partial charge is 0.0890 e. The molecule has 0 aliphatic rings. The van der Waals surface area contributed by atoms with Crippen LogP contribution in [0.1, 0.15) is 24.2 Å². The van der Waals surface area contributed by atoms with E-state index in [2.05, 4.69) is 27.2 Å². The van der Waals surface area contributed by atoms with Crippen LogP contribution in [0, 0.1) is 0 Å². The monoisotopic (exact) mass is 264 g/mol. The quantitative estimate of drug-likeness (QED) is 0.787. The van der Waals surface area contributed by atoms with Crippen molar-refractivity contribution in [3.63, 3.8) is 0 Å². The van der Waals surface area contributed by atoms with Crippen molar-refractivity contribution >= 4 is 11.0 Å². The number of rotatable bonds is 4. The molecule has 1 aromatic carbocycles. The Kier molecular flexibility index (Phi) is 3.65. The van der Waals surface area contributed by atoms with Gasteiger partial charge in [-0.1, -0.05) is 12.1 Å². The third-order valence-corrected chi connectivity index (χ3v) is 3.29. The Bertz CT molecular complexity index is 697. The fourth-order valence-electron chi connectivity index (χ4n) is 2.11. The van der Waals surface area contributed by atoms with E-state index in [-0.39, 0.29) is 6.04 Å². The fourth-order valence-corrected chi connectivity index (χ4v) is 2.11. The highest BCUT2D eigenvalue weighted by molar-refractivity contribution is 5.73. The van der Waals surface area contributed by atoms with Crippen molar-refractivity contribution < 1.29 is 0 Å². The van der Waals surface area contributed by atoms with Gasteiger partial charge in [-0.3, -0.25) is 9.97 Å². The zero-order valence-corrected chi connectivity index (χ0v) is 11.3. The lowest BCUT2D eigenvalue weighted by atomic mass is 10.1. The molecule has 1 atom stereocenters. The van der Waals surface area contributed by atoms with Crippen molar-refractivity contribution in [2.24, 2.45) is 0 Å². The van der Waals surface area contributed by atoms with Gasteiger partial charge < -0.3 is 5.32 Å². The maximum absolute atomic E-state index is 4.60. The van der Waals surface area contributed by atoms with E-state index in [1.165, 1.54) is 5.56 Å². The summed E-state index contributed by atoms with van der Waals surface area (Å²) in [5.74, 6) is 0. The molecule has 0 saturated carbocycles. The van der Waals surface area contributed by atoms with Crippen molar-refractivity contribution in [2.45, 2.75) is 19.5 Å². The number of pyridine rings is 1. The first-order valence-corrected chi connectivity index (χ1v) is 6.67. The van der Waals surface area contributed by atoms with Gasteiger partial charge >= 0.3 is 0 Å². The second kappa shape index (κ2) is 5.75. The number of hydrogen-bond donors (Lipinski definition) is 1. The maximum Gasteiger partial charge on any atom is 0.0890 e. The van der Waals surface area contributed by atoms with Crippen molar-refractivity contribution in [1.29, 1.82) is 0 Å². The van der Waals surface area contributed by atoms with Gasteiger partial charge in [0.2, 0.25) is 0 Å². The van der Waals surface area contributed by atoms with Crippen LogP contribution in [0.15, 0.2) is 55.0 Å². The molecule has 0 aliphatic heterocycles. The van der Waals surface area contributed by atoms with E-state index >= 15 is 0 Å². The predicted octanol–water partition coefficient (Wildman–Crippen LogP) is 2.88. The number of fused-ring (bicyclic) bond motifs is 1. The molecule has 0 radical (unpaired) electrons. The molecule has 0 unspecified atom stereocenters. The van der Waals surface area contributed by atoms with Crippen LogP contribution >= 0.6 is 0 Å². The maximum atomic E-state index is 4.60. The first kappa shape index (κ1) is 12.7. The first-order chi connectivity index (χ1) is 9.83. The highest BCUT2D eigenvalue weighted by atomic mass is 14.9. The van der Waals surface area contributed by atoms with E-state index < -0.39 is 0 Å². The summed E-state index contributed by atoms with van der Waals surface area (Å²) in [6.45, 7) is 2.82. The summed E-state index contributed by atoms with van der Waals surface area (Å²) in [5.41, 5.74) is 4.03. The van der Waals surface area contributed by atoms with E-state index in [9.17, 15) is 0 Å². The van der Waals surface area contributed by atoms with Gasteiger partial charge in [-0.2, -0.15) is 0 Å². The molecule has 0 amide bonds. The van der Waals surface area contributed by atoms with Gasteiger partial charge in [0.15, 0.2) is 0 Å². The van der Waals surface area contributed by atoms with Crippen LogP contribution in [-0.2, 0) is 6.54 Å². The molecule has 3 rings (SSSR count). The van der Waals surface area contributed by atoms with Gasteiger partial charge in [-0.05, 0) is 36.8 Å². The SMILES string of the molecule is C[C@H](NCc1cnc2ccccc2n1)c1ccncc1. The number of para-hydroxylation sites is 2. The normalized spacial score (nSPS) is 12.4. The van der Waals surface area contributed by atoms with E-state index in [4.69, 9.17) is 0 Å². The third-order valence-electron chi connectivity index (χ3n) is 3.29. The molecule has 2 heterocycles. The lowest BCUT2D eigenvalue weighted by Gasteiger charge is -2.13. The third kappa shape index (κ3) is 2.81. The second-order valence-electron chi connectivity index (χ2n) is 4.73. The molecule has 0 spiro atoms. The molecule has 2 aromatic heterocycles. The number of nitrogens with zero attached hydrogens (tertiary/aromatic N) is 3. The minimum absolute atomic E-state index is 0.256. The standard InChI is InChI=1S/C16H16N4/c1-12(13-6-8-17-9-7-13)18-10-14-11-19-15-4-2-3-5-16(15)20-14/h2-9,11-12,18H,10H2,1H3/t12-/m0/s1. The van der Waals surface area contributed by atoms with Crippen molar-refractivity contribution in [2.75, 3.05) is 0 Å². The van der Waals surface area contributed by atoms with Crippen LogP contribution in [0.3, 0.4) is 0 Å². The molecule has 0 fully saturated rings. The predicted molar refractivity (Wildman–Crippen MR) is 79.0 cm³/mol. The van der Waals surface area contributed by atoms with Crippen LogP contribution in [0.4, 0.5) is 0 Å². The minimum Gasteiger partial charge on any atom is -0.305 e. The molecule has 100 valence electrons. The summed E-state index contributed by atoms with van der Waals surface area (Å²) < 4.78 is 0. The molecule has 0 saturated heterocycles. The number of nitrogens with one attached hydrogen (secondary N) is 1. The topological polar surface area (TPSA) is 50.7 Å². The summed E-state index contributed by atoms with van der Waals surface area (Å²) in [5, 5.41) is 3.45. The highest BCUT2D eigenvalue weighted by Crippen LogP contribution is 2.12. The van der Waals surface area contributed by atoms with E-state index in [0.29, 0.717) is 6.54 Å². The minimum atomic E-state index is 0.256. The number of hydrogen-bond acceptors (Lipinski definition) is 4. The van der Waals surface area contributed by atoms with E-state index in [1.54, 1.807) is 0 Å². The largest absolute Gasteiger partial charge is 0.305 e. The highest BCUT2D eigenvalue weighted by Gasteiger charge is 2.05. The van der Waals surface area contributed by atoms with Gasteiger partial charge in [-0.15, -0.1) is 0 Å². The van der Waals surface area contributed by atoms with Gasteiger partial charge in [0.25, 0.3) is 0 Å². The van der Waals surface area contributed by atoms with Gasteiger partial charge in [0.1, 0.15) is 0 Å². The van der Waals surface area contributed by atoms with E-state index in [1.807, 2.05) is 55.0 Å². The number of aromatic nitrogens is 3. The lowest BCUT2D eigenvalue weighted by Crippen LogP contribution is -2.18. The Morgan fingerprint density at radius 2 is 1.80 bits per heavy atom. The summed E-state index contributed by atoms with van der Waals surface area (Å²) in [6.07, 6.45) is 5.45. The van der Waals surface area contributed by atoms with Crippen molar-refractivity contribution in [3.05, 3.63) is 66.2 Å². The molecule has 4 nitrogen and oxygen atoms in total. The molecular weight excluding hydrogens is 248 g/mol. The molecule has 3 aromatic rings. The molecular formula is C16H16N4.